The molecule has 1 aromatic carbocycles. The Hall–Kier alpha value is -0.670. The zero-order valence-corrected chi connectivity index (χ0v) is 14.9. The SMILES string of the molecule is CCS(=O)(=O)N1CCC(NC(=O)c2cccc(I)c2)CC1. The van der Waals surface area contributed by atoms with E-state index in [9.17, 15) is 13.2 Å². The summed E-state index contributed by atoms with van der Waals surface area (Å²) in [5.41, 5.74) is 0.644. The number of amides is 1. The zero-order chi connectivity index (χ0) is 15.5. The summed E-state index contributed by atoms with van der Waals surface area (Å²) in [4.78, 5) is 12.2. The van der Waals surface area contributed by atoms with Gasteiger partial charge in [0.25, 0.3) is 5.91 Å². The number of carbonyl (C=O) groups excluding carboxylic acids is 1. The third-order valence-electron chi connectivity index (χ3n) is 3.63. The maximum atomic E-state index is 12.2. The van der Waals surface area contributed by atoms with Crippen molar-refractivity contribution in [1.29, 1.82) is 0 Å². The fraction of sp³-hybridized carbons (Fsp3) is 0.500. The highest BCUT2D eigenvalue weighted by atomic mass is 127. The number of sulfonamides is 1. The Morgan fingerprint density at radius 3 is 2.62 bits per heavy atom. The average Bonchev–Trinajstić information content (AvgIpc) is 2.48. The van der Waals surface area contributed by atoms with Gasteiger partial charge in [-0.2, -0.15) is 0 Å². The van der Waals surface area contributed by atoms with Crippen LogP contribution in [0.25, 0.3) is 0 Å². The molecule has 1 aliphatic rings. The molecule has 0 radical (unpaired) electrons. The van der Waals surface area contributed by atoms with Gasteiger partial charge in [-0.25, -0.2) is 12.7 Å². The molecule has 0 bridgehead atoms. The molecule has 116 valence electrons. The summed E-state index contributed by atoms with van der Waals surface area (Å²) in [5.74, 6) is 0.0391. The molecule has 2 rings (SSSR count). The van der Waals surface area contributed by atoms with Crippen molar-refractivity contribution in [2.24, 2.45) is 0 Å². The number of halogens is 1. The molecule has 1 saturated heterocycles. The molecule has 0 saturated carbocycles. The number of piperidine rings is 1. The molecule has 1 fully saturated rings. The van der Waals surface area contributed by atoms with Gasteiger partial charge in [0, 0.05) is 28.3 Å². The number of nitrogens with one attached hydrogen (secondary N) is 1. The molecule has 1 aromatic rings. The highest BCUT2D eigenvalue weighted by Crippen LogP contribution is 2.15. The second kappa shape index (κ2) is 7.06. The number of rotatable bonds is 4. The lowest BCUT2D eigenvalue weighted by molar-refractivity contribution is 0.0924. The van der Waals surface area contributed by atoms with E-state index in [2.05, 4.69) is 27.9 Å². The molecule has 0 atom stereocenters. The molecule has 0 aliphatic carbocycles. The van der Waals surface area contributed by atoms with E-state index < -0.39 is 10.0 Å². The van der Waals surface area contributed by atoms with E-state index in [1.165, 1.54) is 4.31 Å². The minimum absolute atomic E-state index is 0.0404. The molecule has 0 aromatic heterocycles. The predicted octanol–water partition coefficient (Wildman–Crippen LogP) is 1.84. The first-order valence-electron chi connectivity index (χ1n) is 6.96. The van der Waals surface area contributed by atoms with Gasteiger partial charge in [0.15, 0.2) is 0 Å². The van der Waals surface area contributed by atoms with Crippen LogP contribution in [0.15, 0.2) is 24.3 Å². The van der Waals surface area contributed by atoms with Crippen molar-refractivity contribution in [3.8, 4) is 0 Å². The van der Waals surface area contributed by atoms with Gasteiger partial charge in [-0.15, -0.1) is 0 Å². The van der Waals surface area contributed by atoms with Crippen molar-refractivity contribution in [2.75, 3.05) is 18.8 Å². The quantitative estimate of drug-likeness (QED) is 0.754. The lowest BCUT2D eigenvalue weighted by Crippen LogP contribution is -2.46. The number of hydrogen-bond donors (Lipinski definition) is 1. The Bertz CT molecular complexity index is 610. The monoisotopic (exact) mass is 422 g/mol. The summed E-state index contributed by atoms with van der Waals surface area (Å²) in [6.45, 7) is 2.61. The largest absolute Gasteiger partial charge is 0.349 e. The standard InChI is InChI=1S/C14H19IN2O3S/c1-2-21(19,20)17-8-6-13(7-9-17)16-14(18)11-4-3-5-12(15)10-11/h3-5,10,13H,2,6-9H2,1H3,(H,16,18). The fourth-order valence-corrected chi connectivity index (χ4v) is 4.03. The summed E-state index contributed by atoms with van der Waals surface area (Å²) < 4.78 is 26.1. The highest BCUT2D eigenvalue weighted by Gasteiger charge is 2.27. The molecule has 1 aliphatic heterocycles. The Morgan fingerprint density at radius 1 is 1.38 bits per heavy atom. The van der Waals surface area contributed by atoms with Crippen molar-refractivity contribution >= 4 is 38.5 Å². The molecular weight excluding hydrogens is 403 g/mol. The van der Waals surface area contributed by atoms with Crippen LogP contribution in [0.3, 0.4) is 0 Å². The molecule has 1 amide bonds. The van der Waals surface area contributed by atoms with E-state index in [1.807, 2.05) is 18.2 Å². The number of hydrogen-bond acceptors (Lipinski definition) is 3. The molecule has 5 nitrogen and oxygen atoms in total. The maximum absolute atomic E-state index is 12.2. The normalized spacial score (nSPS) is 17.6. The predicted molar refractivity (Wildman–Crippen MR) is 90.7 cm³/mol. The van der Waals surface area contributed by atoms with E-state index in [1.54, 1.807) is 13.0 Å². The third-order valence-corrected chi connectivity index (χ3v) is 6.19. The van der Waals surface area contributed by atoms with Gasteiger partial charge in [-0.3, -0.25) is 4.79 Å². The lowest BCUT2D eigenvalue weighted by atomic mass is 10.1. The van der Waals surface area contributed by atoms with Crippen molar-refractivity contribution in [3.05, 3.63) is 33.4 Å². The van der Waals surface area contributed by atoms with Crippen LogP contribution in [0.2, 0.25) is 0 Å². The van der Waals surface area contributed by atoms with Gasteiger partial charge >= 0.3 is 0 Å². The molecule has 21 heavy (non-hydrogen) atoms. The molecule has 7 heteroatoms. The van der Waals surface area contributed by atoms with E-state index in [0.717, 1.165) is 3.57 Å². The summed E-state index contributed by atoms with van der Waals surface area (Å²) >= 11 is 2.17. The van der Waals surface area contributed by atoms with Gasteiger partial charge < -0.3 is 5.32 Å². The minimum atomic E-state index is -3.11. The van der Waals surface area contributed by atoms with Crippen LogP contribution in [0.1, 0.15) is 30.1 Å². The second-order valence-corrected chi connectivity index (χ2v) is 8.56. The Kier molecular flexibility index (Phi) is 5.61. The van der Waals surface area contributed by atoms with E-state index >= 15 is 0 Å². The van der Waals surface area contributed by atoms with Crippen molar-refractivity contribution in [1.82, 2.24) is 9.62 Å². The van der Waals surface area contributed by atoms with Crippen molar-refractivity contribution in [2.45, 2.75) is 25.8 Å². The van der Waals surface area contributed by atoms with Crippen molar-refractivity contribution < 1.29 is 13.2 Å². The summed E-state index contributed by atoms with van der Waals surface area (Å²) in [6, 6.07) is 7.46. The van der Waals surface area contributed by atoms with Crippen LogP contribution < -0.4 is 5.32 Å². The fourth-order valence-electron chi connectivity index (χ4n) is 2.36. The first-order chi connectivity index (χ1) is 9.92. The van der Waals surface area contributed by atoms with Crippen LogP contribution in [0.4, 0.5) is 0 Å². The third kappa shape index (κ3) is 4.40. The van der Waals surface area contributed by atoms with Gasteiger partial charge in [-0.05, 0) is 60.6 Å². The molecule has 0 spiro atoms. The van der Waals surface area contributed by atoms with Crippen LogP contribution in [0, 0.1) is 3.57 Å². The van der Waals surface area contributed by atoms with Crippen LogP contribution in [-0.2, 0) is 10.0 Å². The maximum Gasteiger partial charge on any atom is 0.251 e. The first kappa shape index (κ1) is 16.7. The van der Waals surface area contributed by atoms with Crippen molar-refractivity contribution in [3.63, 3.8) is 0 Å². The van der Waals surface area contributed by atoms with Crippen LogP contribution in [-0.4, -0.2) is 43.5 Å². The number of carbonyl (C=O) groups is 1. The van der Waals surface area contributed by atoms with E-state index in [0.29, 0.717) is 31.5 Å². The Labute approximate surface area is 139 Å². The van der Waals surface area contributed by atoms with E-state index in [4.69, 9.17) is 0 Å². The second-order valence-electron chi connectivity index (χ2n) is 5.06. The minimum Gasteiger partial charge on any atom is -0.349 e. The van der Waals surface area contributed by atoms with Gasteiger partial charge in [0.1, 0.15) is 0 Å². The Balaban J connectivity index is 1.91. The number of nitrogens with zero attached hydrogens (tertiary/aromatic N) is 1. The van der Waals surface area contributed by atoms with Crippen LogP contribution >= 0.6 is 22.6 Å². The Morgan fingerprint density at radius 2 is 2.05 bits per heavy atom. The van der Waals surface area contributed by atoms with Crippen LogP contribution in [0.5, 0.6) is 0 Å². The topological polar surface area (TPSA) is 66.5 Å². The molecule has 0 unspecified atom stereocenters. The summed E-state index contributed by atoms with van der Waals surface area (Å²) in [5, 5.41) is 2.99. The average molecular weight is 422 g/mol. The molecular formula is C14H19IN2O3S. The summed E-state index contributed by atoms with van der Waals surface area (Å²) in [7, 11) is -3.11. The highest BCUT2D eigenvalue weighted by molar-refractivity contribution is 14.1. The molecule has 1 N–H and O–H groups in total. The van der Waals surface area contributed by atoms with Gasteiger partial charge in [-0.1, -0.05) is 6.07 Å². The van der Waals surface area contributed by atoms with E-state index in [-0.39, 0.29) is 17.7 Å². The lowest BCUT2D eigenvalue weighted by Gasteiger charge is -2.31. The smallest absolute Gasteiger partial charge is 0.251 e. The summed E-state index contributed by atoms with van der Waals surface area (Å²) in [6.07, 6.45) is 1.32. The van der Waals surface area contributed by atoms with Gasteiger partial charge in [0.2, 0.25) is 10.0 Å². The first-order valence-corrected chi connectivity index (χ1v) is 9.65. The zero-order valence-electron chi connectivity index (χ0n) is 11.9. The van der Waals surface area contributed by atoms with Gasteiger partial charge in [0.05, 0.1) is 5.75 Å². The molecule has 1 heterocycles. The number of benzene rings is 1.